The molecule has 1 heterocycles. The third-order valence-electron chi connectivity index (χ3n) is 4.11. The number of carbonyl (C=O) groups is 1. The van der Waals surface area contributed by atoms with Gasteiger partial charge in [-0.3, -0.25) is 4.79 Å². The van der Waals surface area contributed by atoms with Gasteiger partial charge in [0.1, 0.15) is 5.82 Å². The molecule has 0 unspecified atom stereocenters. The van der Waals surface area contributed by atoms with Gasteiger partial charge >= 0.3 is 0 Å². The number of carbonyl (C=O) groups excluding carboxylic acids is 1. The largest absolute Gasteiger partial charge is 0.381 e. The Morgan fingerprint density at radius 3 is 2.38 bits per heavy atom. The predicted octanol–water partition coefficient (Wildman–Crippen LogP) is 3.35. The van der Waals surface area contributed by atoms with Crippen LogP contribution in [0.4, 0.5) is 10.1 Å². The minimum Gasteiger partial charge on any atom is -0.381 e. The van der Waals surface area contributed by atoms with Gasteiger partial charge in [0.2, 0.25) is 0 Å². The first-order valence-corrected chi connectivity index (χ1v) is 8.18. The maximum atomic E-state index is 12.9. The normalized spacial score (nSPS) is 15.0. The van der Waals surface area contributed by atoms with Crippen molar-refractivity contribution < 1.29 is 13.9 Å². The zero-order chi connectivity index (χ0) is 16.8. The van der Waals surface area contributed by atoms with Crippen LogP contribution in [-0.2, 0) is 11.3 Å². The Hall–Kier alpha value is -2.40. The Labute approximate surface area is 141 Å². The molecule has 2 aromatic carbocycles. The van der Waals surface area contributed by atoms with Crippen LogP contribution < -0.4 is 10.6 Å². The Kier molecular flexibility index (Phi) is 5.43. The molecule has 2 aromatic rings. The molecule has 1 saturated heterocycles. The number of rotatable bonds is 5. The first-order chi connectivity index (χ1) is 11.7. The van der Waals surface area contributed by atoms with E-state index in [0.717, 1.165) is 24.1 Å². The lowest BCUT2D eigenvalue weighted by Crippen LogP contribution is -2.38. The molecule has 0 aromatic heterocycles. The number of amides is 1. The second-order valence-electron chi connectivity index (χ2n) is 5.92. The molecule has 4 nitrogen and oxygen atoms in total. The molecule has 126 valence electrons. The zero-order valence-electron chi connectivity index (χ0n) is 13.4. The molecule has 1 aliphatic rings. The molecule has 0 spiro atoms. The fourth-order valence-corrected chi connectivity index (χ4v) is 2.66. The Bertz CT molecular complexity index is 665. The molecule has 0 radical (unpaired) electrons. The summed E-state index contributed by atoms with van der Waals surface area (Å²) in [4.78, 5) is 12.2. The van der Waals surface area contributed by atoms with E-state index in [-0.39, 0.29) is 17.8 Å². The fraction of sp³-hybridized carbons (Fsp3) is 0.316. The molecular formula is C19H21FN2O2. The summed E-state index contributed by atoms with van der Waals surface area (Å²) in [5.41, 5.74) is 2.56. The van der Waals surface area contributed by atoms with Crippen LogP contribution in [0.1, 0.15) is 28.8 Å². The average molecular weight is 328 g/mol. The van der Waals surface area contributed by atoms with Gasteiger partial charge in [-0.05, 0) is 54.8 Å². The summed E-state index contributed by atoms with van der Waals surface area (Å²) in [5.74, 6) is -0.286. The first-order valence-electron chi connectivity index (χ1n) is 8.18. The second kappa shape index (κ2) is 7.93. The molecule has 0 atom stereocenters. The summed E-state index contributed by atoms with van der Waals surface area (Å²) in [6, 6.07) is 14.0. The van der Waals surface area contributed by atoms with E-state index in [2.05, 4.69) is 10.6 Å². The Morgan fingerprint density at radius 2 is 1.71 bits per heavy atom. The van der Waals surface area contributed by atoms with Gasteiger partial charge in [-0.25, -0.2) is 4.39 Å². The summed E-state index contributed by atoms with van der Waals surface area (Å²) in [5, 5.41) is 6.30. The van der Waals surface area contributed by atoms with Gasteiger partial charge in [-0.2, -0.15) is 0 Å². The number of nitrogens with one attached hydrogen (secondary N) is 2. The molecule has 1 aliphatic heterocycles. The topological polar surface area (TPSA) is 50.4 Å². The zero-order valence-corrected chi connectivity index (χ0v) is 13.4. The first kappa shape index (κ1) is 16.5. The number of anilines is 1. The second-order valence-corrected chi connectivity index (χ2v) is 5.92. The minimum atomic E-state index is -0.237. The highest BCUT2D eigenvalue weighted by atomic mass is 19.1. The van der Waals surface area contributed by atoms with E-state index in [0.29, 0.717) is 25.3 Å². The van der Waals surface area contributed by atoms with Gasteiger partial charge in [0.25, 0.3) is 5.91 Å². The third kappa shape index (κ3) is 4.55. The van der Waals surface area contributed by atoms with Gasteiger partial charge < -0.3 is 15.4 Å². The quantitative estimate of drug-likeness (QED) is 0.885. The van der Waals surface area contributed by atoms with E-state index in [1.54, 1.807) is 12.1 Å². The van der Waals surface area contributed by atoms with Crippen LogP contribution in [0, 0.1) is 5.82 Å². The van der Waals surface area contributed by atoms with E-state index < -0.39 is 0 Å². The van der Waals surface area contributed by atoms with Crippen LogP contribution in [0.5, 0.6) is 0 Å². The SMILES string of the molecule is O=C(NC1CCOCC1)c1ccc(NCc2ccc(F)cc2)cc1. The van der Waals surface area contributed by atoms with E-state index in [1.165, 1.54) is 12.1 Å². The van der Waals surface area contributed by atoms with Crippen molar-refractivity contribution in [3.05, 3.63) is 65.5 Å². The molecule has 0 saturated carbocycles. The van der Waals surface area contributed by atoms with E-state index in [9.17, 15) is 9.18 Å². The number of hydrogen-bond donors (Lipinski definition) is 2. The highest BCUT2D eigenvalue weighted by molar-refractivity contribution is 5.94. The number of hydrogen-bond acceptors (Lipinski definition) is 3. The monoisotopic (exact) mass is 328 g/mol. The van der Waals surface area contributed by atoms with Gasteiger partial charge in [-0.15, -0.1) is 0 Å². The molecule has 24 heavy (non-hydrogen) atoms. The van der Waals surface area contributed by atoms with Crippen LogP contribution in [0.25, 0.3) is 0 Å². The average Bonchev–Trinajstić information content (AvgIpc) is 2.62. The van der Waals surface area contributed by atoms with Crippen LogP contribution in [0.15, 0.2) is 48.5 Å². The van der Waals surface area contributed by atoms with Crippen molar-refractivity contribution in [3.8, 4) is 0 Å². The summed E-state index contributed by atoms with van der Waals surface area (Å²) >= 11 is 0. The van der Waals surface area contributed by atoms with Crippen molar-refractivity contribution in [2.24, 2.45) is 0 Å². The number of ether oxygens (including phenoxy) is 1. The lowest BCUT2D eigenvalue weighted by Gasteiger charge is -2.23. The molecule has 0 aliphatic carbocycles. The molecule has 1 amide bonds. The Morgan fingerprint density at radius 1 is 1.04 bits per heavy atom. The van der Waals surface area contributed by atoms with Crippen LogP contribution >= 0.6 is 0 Å². The van der Waals surface area contributed by atoms with E-state index >= 15 is 0 Å². The highest BCUT2D eigenvalue weighted by Gasteiger charge is 2.16. The van der Waals surface area contributed by atoms with Crippen molar-refractivity contribution in [1.82, 2.24) is 5.32 Å². The molecule has 3 rings (SSSR count). The Balaban J connectivity index is 1.52. The van der Waals surface area contributed by atoms with Crippen molar-refractivity contribution in [3.63, 3.8) is 0 Å². The smallest absolute Gasteiger partial charge is 0.251 e. The summed E-state index contributed by atoms with van der Waals surface area (Å²) in [6.07, 6.45) is 1.73. The van der Waals surface area contributed by atoms with Crippen LogP contribution in [0.3, 0.4) is 0 Å². The van der Waals surface area contributed by atoms with Crippen molar-refractivity contribution in [2.75, 3.05) is 18.5 Å². The van der Waals surface area contributed by atoms with Crippen LogP contribution in [0.2, 0.25) is 0 Å². The standard InChI is InChI=1S/C19H21FN2O2/c20-16-5-1-14(2-6-16)13-21-17-7-3-15(4-8-17)19(23)22-18-9-11-24-12-10-18/h1-8,18,21H,9-13H2,(H,22,23). The van der Waals surface area contributed by atoms with Crippen molar-refractivity contribution in [1.29, 1.82) is 0 Å². The van der Waals surface area contributed by atoms with Gasteiger partial charge in [0, 0.05) is 37.1 Å². The lowest BCUT2D eigenvalue weighted by atomic mass is 10.1. The summed E-state index contributed by atoms with van der Waals surface area (Å²) in [6.45, 7) is 2.02. The van der Waals surface area contributed by atoms with Crippen molar-refractivity contribution >= 4 is 11.6 Å². The van der Waals surface area contributed by atoms with Gasteiger partial charge in [-0.1, -0.05) is 12.1 Å². The van der Waals surface area contributed by atoms with E-state index in [4.69, 9.17) is 4.74 Å². The maximum Gasteiger partial charge on any atom is 0.251 e. The lowest BCUT2D eigenvalue weighted by molar-refractivity contribution is 0.0696. The number of halogens is 1. The highest BCUT2D eigenvalue weighted by Crippen LogP contribution is 2.13. The van der Waals surface area contributed by atoms with Crippen LogP contribution in [-0.4, -0.2) is 25.2 Å². The summed E-state index contributed by atoms with van der Waals surface area (Å²) < 4.78 is 18.2. The maximum absolute atomic E-state index is 12.9. The third-order valence-corrected chi connectivity index (χ3v) is 4.11. The van der Waals surface area contributed by atoms with E-state index in [1.807, 2.05) is 24.3 Å². The van der Waals surface area contributed by atoms with Gasteiger partial charge in [0.05, 0.1) is 0 Å². The summed E-state index contributed by atoms with van der Waals surface area (Å²) in [7, 11) is 0. The molecular weight excluding hydrogens is 307 g/mol. The number of benzene rings is 2. The van der Waals surface area contributed by atoms with Gasteiger partial charge in [0.15, 0.2) is 0 Å². The molecule has 2 N–H and O–H groups in total. The fourth-order valence-electron chi connectivity index (χ4n) is 2.66. The molecule has 5 heteroatoms. The molecule has 1 fully saturated rings. The predicted molar refractivity (Wildman–Crippen MR) is 91.5 cm³/mol. The molecule has 0 bridgehead atoms. The minimum absolute atomic E-state index is 0.0491. The van der Waals surface area contributed by atoms with Crippen molar-refractivity contribution in [2.45, 2.75) is 25.4 Å².